The van der Waals surface area contributed by atoms with E-state index in [1.165, 1.54) is 0 Å². The number of rotatable bonds is 3. The van der Waals surface area contributed by atoms with Gasteiger partial charge in [-0.15, -0.1) is 0 Å². The Morgan fingerprint density at radius 2 is 2.06 bits per heavy atom. The molecule has 0 aromatic carbocycles. The van der Waals surface area contributed by atoms with Gasteiger partial charge in [-0.05, 0) is 25.6 Å². The van der Waals surface area contributed by atoms with E-state index in [0.717, 1.165) is 31.7 Å². The molecule has 100 valence electrons. The van der Waals surface area contributed by atoms with Gasteiger partial charge in [0, 0.05) is 38.6 Å². The highest BCUT2D eigenvalue weighted by Gasteiger charge is 2.19. The van der Waals surface area contributed by atoms with Crippen LogP contribution in [0.25, 0.3) is 0 Å². The number of hydrogen-bond donors (Lipinski definition) is 1. The average Bonchev–Trinajstić information content (AvgIpc) is 2.78. The summed E-state index contributed by atoms with van der Waals surface area (Å²) in [6.45, 7) is 5.57. The van der Waals surface area contributed by atoms with Gasteiger partial charge in [-0.2, -0.15) is 0 Å². The molecule has 0 bridgehead atoms. The van der Waals surface area contributed by atoms with Crippen LogP contribution < -0.4 is 0 Å². The van der Waals surface area contributed by atoms with E-state index >= 15 is 0 Å². The number of carbonyl (C=O) groups is 1. The van der Waals surface area contributed by atoms with E-state index in [1.54, 1.807) is 6.92 Å². The van der Waals surface area contributed by atoms with Crippen molar-refractivity contribution in [2.75, 3.05) is 33.2 Å². The molecule has 1 amide bonds. The van der Waals surface area contributed by atoms with Crippen molar-refractivity contribution in [1.29, 1.82) is 0 Å². The third kappa shape index (κ3) is 3.11. The normalized spacial score (nSPS) is 18.9. The first kappa shape index (κ1) is 13.1. The quantitative estimate of drug-likeness (QED) is 0.841. The summed E-state index contributed by atoms with van der Waals surface area (Å²) in [5.41, 5.74) is 0.848. The fraction of sp³-hybridized carbons (Fsp3) is 0.615. The summed E-state index contributed by atoms with van der Waals surface area (Å²) < 4.78 is 1.84. The molecule has 5 nitrogen and oxygen atoms in total. The van der Waals surface area contributed by atoms with Gasteiger partial charge in [0.1, 0.15) is 6.54 Å². The van der Waals surface area contributed by atoms with E-state index in [-0.39, 0.29) is 5.91 Å². The molecular weight excluding hydrogens is 230 g/mol. The number of aliphatic hydroxyl groups excluding tert-OH is 1. The van der Waals surface area contributed by atoms with E-state index in [4.69, 9.17) is 0 Å². The van der Waals surface area contributed by atoms with Crippen molar-refractivity contribution >= 4 is 5.91 Å². The van der Waals surface area contributed by atoms with Gasteiger partial charge in [-0.3, -0.25) is 4.79 Å². The lowest BCUT2D eigenvalue weighted by atomic mass is 10.2. The first-order valence-corrected chi connectivity index (χ1v) is 6.36. The largest absolute Gasteiger partial charge is 0.389 e. The summed E-state index contributed by atoms with van der Waals surface area (Å²) >= 11 is 0. The molecule has 2 rings (SSSR count). The number of aliphatic hydroxyl groups is 1. The van der Waals surface area contributed by atoms with Crippen molar-refractivity contribution < 1.29 is 9.90 Å². The van der Waals surface area contributed by atoms with E-state index in [9.17, 15) is 9.90 Å². The molecule has 5 heteroatoms. The molecule has 0 saturated carbocycles. The molecule has 1 unspecified atom stereocenters. The van der Waals surface area contributed by atoms with Crippen LogP contribution in [0, 0.1) is 0 Å². The zero-order valence-electron chi connectivity index (χ0n) is 11.0. The van der Waals surface area contributed by atoms with E-state index in [1.807, 2.05) is 27.9 Å². The van der Waals surface area contributed by atoms with Gasteiger partial charge in [0.15, 0.2) is 0 Å². The summed E-state index contributed by atoms with van der Waals surface area (Å²) in [4.78, 5) is 16.2. The summed E-state index contributed by atoms with van der Waals surface area (Å²) in [5.74, 6) is 0.149. The van der Waals surface area contributed by atoms with Crippen LogP contribution in [0.1, 0.15) is 18.6 Å². The number of carbonyl (C=O) groups excluding carboxylic acids is 1. The zero-order chi connectivity index (χ0) is 13.1. The number of likely N-dealkylation sites (N-methyl/N-ethyl adjacent to an activating group) is 1. The minimum atomic E-state index is -0.481. The maximum atomic E-state index is 12.1. The van der Waals surface area contributed by atoms with Crippen molar-refractivity contribution in [3.05, 3.63) is 24.0 Å². The summed E-state index contributed by atoms with van der Waals surface area (Å²) in [5, 5.41) is 9.43. The van der Waals surface area contributed by atoms with Gasteiger partial charge >= 0.3 is 0 Å². The van der Waals surface area contributed by atoms with Crippen molar-refractivity contribution in [3.8, 4) is 0 Å². The molecule has 1 N–H and O–H groups in total. The molecule has 0 spiro atoms. The SMILES string of the molecule is CC(O)c1ccn(CC(=O)N2CCN(C)CC2)c1. The second kappa shape index (κ2) is 5.54. The van der Waals surface area contributed by atoms with Crippen LogP contribution in [0.5, 0.6) is 0 Å². The molecular formula is C13H21N3O2. The van der Waals surface area contributed by atoms with E-state index in [0.29, 0.717) is 6.54 Å². The fourth-order valence-electron chi connectivity index (χ4n) is 2.12. The number of hydrogen-bond acceptors (Lipinski definition) is 3. The van der Waals surface area contributed by atoms with Gasteiger partial charge in [0.25, 0.3) is 0 Å². The Kier molecular flexibility index (Phi) is 4.04. The maximum absolute atomic E-state index is 12.1. The number of piperazine rings is 1. The van der Waals surface area contributed by atoms with Crippen LogP contribution >= 0.6 is 0 Å². The number of amides is 1. The molecule has 1 fully saturated rings. The second-order valence-electron chi connectivity index (χ2n) is 4.98. The highest BCUT2D eigenvalue weighted by molar-refractivity contribution is 5.76. The first-order valence-electron chi connectivity index (χ1n) is 6.36. The van der Waals surface area contributed by atoms with Crippen molar-refractivity contribution in [3.63, 3.8) is 0 Å². The topological polar surface area (TPSA) is 48.7 Å². The van der Waals surface area contributed by atoms with Crippen molar-refractivity contribution in [2.45, 2.75) is 19.6 Å². The minimum absolute atomic E-state index is 0.149. The van der Waals surface area contributed by atoms with Gasteiger partial charge in [0.2, 0.25) is 5.91 Å². The fourth-order valence-corrected chi connectivity index (χ4v) is 2.12. The Balaban J connectivity index is 1.90. The van der Waals surface area contributed by atoms with Crippen LogP contribution in [0.4, 0.5) is 0 Å². The van der Waals surface area contributed by atoms with Crippen LogP contribution in [0.2, 0.25) is 0 Å². The highest BCUT2D eigenvalue weighted by atomic mass is 16.3. The first-order chi connectivity index (χ1) is 8.56. The Hall–Kier alpha value is -1.33. The zero-order valence-corrected chi connectivity index (χ0v) is 11.0. The Morgan fingerprint density at radius 3 is 2.61 bits per heavy atom. The van der Waals surface area contributed by atoms with Crippen LogP contribution in [-0.2, 0) is 11.3 Å². The van der Waals surface area contributed by atoms with E-state index < -0.39 is 6.10 Å². The molecule has 0 radical (unpaired) electrons. The van der Waals surface area contributed by atoms with Crippen molar-refractivity contribution in [2.24, 2.45) is 0 Å². The predicted molar refractivity (Wildman–Crippen MR) is 69.1 cm³/mol. The molecule has 1 atom stereocenters. The Morgan fingerprint density at radius 1 is 1.39 bits per heavy atom. The lowest BCUT2D eigenvalue weighted by Crippen LogP contribution is -2.48. The Bertz CT molecular complexity index is 406. The number of aromatic nitrogens is 1. The Labute approximate surface area is 108 Å². The molecule has 18 heavy (non-hydrogen) atoms. The van der Waals surface area contributed by atoms with Gasteiger partial charge in [-0.25, -0.2) is 0 Å². The lowest BCUT2D eigenvalue weighted by Gasteiger charge is -2.32. The lowest BCUT2D eigenvalue weighted by molar-refractivity contribution is -0.133. The third-order valence-electron chi connectivity index (χ3n) is 3.43. The summed E-state index contributed by atoms with van der Waals surface area (Å²) in [6, 6.07) is 1.85. The summed E-state index contributed by atoms with van der Waals surface area (Å²) in [7, 11) is 2.07. The van der Waals surface area contributed by atoms with Crippen LogP contribution in [0.15, 0.2) is 18.5 Å². The second-order valence-corrected chi connectivity index (χ2v) is 4.98. The molecule has 0 aliphatic carbocycles. The molecule has 1 aromatic rings. The number of nitrogens with zero attached hydrogens (tertiary/aromatic N) is 3. The van der Waals surface area contributed by atoms with Gasteiger partial charge < -0.3 is 19.5 Å². The molecule has 1 saturated heterocycles. The molecule has 1 aliphatic rings. The molecule has 1 aliphatic heterocycles. The maximum Gasteiger partial charge on any atom is 0.242 e. The average molecular weight is 251 g/mol. The standard InChI is InChI=1S/C13H21N3O2/c1-11(17)12-3-4-15(9-12)10-13(18)16-7-5-14(2)6-8-16/h3-4,9,11,17H,5-8,10H2,1-2H3. The predicted octanol–water partition coefficient (Wildman–Crippen LogP) is 0.315. The molecule has 2 heterocycles. The highest BCUT2D eigenvalue weighted by Crippen LogP contribution is 2.12. The third-order valence-corrected chi connectivity index (χ3v) is 3.43. The van der Waals surface area contributed by atoms with Crippen molar-refractivity contribution in [1.82, 2.24) is 14.4 Å². The van der Waals surface area contributed by atoms with E-state index in [2.05, 4.69) is 11.9 Å². The van der Waals surface area contributed by atoms with Crippen LogP contribution in [-0.4, -0.2) is 58.6 Å². The smallest absolute Gasteiger partial charge is 0.242 e. The van der Waals surface area contributed by atoms with Gasteiger partial charge in [0.05, 0.1) is 6.10 Å². The van der Waals surface area contributed by atoms with Gasteiger partial charge in [-0.1, -0.05) is 0 Å². The molecule has 1 aromatic heterocycles. The van der Waals surface area contributed by atoms with Crippen LogP contribution in [0.3, 0.4) is 0 Å². The minimum Gasteiger partial charge on any atom is -0.389 e. The summed E-state index contributed by atoms with van der Waals surface area (Å²) in [6.07, 6.45) is 3.19. The monoisotopic (exact) mass is 251 g/mol.